The molecule has 0 radical (unpaired) electrons. The second-order valence-electron chi connectivity index (χ2n) is 7.82. The molecule has 158 valence electrons. The van der Waals surface area contributed by atoms with E-state index in [1.165, 1.54) is 4.90 Å². The number of hydrogen-bond acceptors (Lipinski definition) is 8. The molecular formula is C18H24N4O7. The van der Waals surface area contributed by atoms with Crippen LogP contribution in [-0.2, 0) is 14.3 Å². The lowest BCUT2D eigenvalue weighted by molar-refractivity contribution is -0.118. The molecule has 1 aromatic rings. The Morgan fingerprint density at radius 2 is 2.17 bits per heavy atom. The first kappa shape index (κ1) is 20.6. The smallest absolute Gasteiger partial charge is 0.416 e. The number of ether oxygens (including phenoxy) is 3. The molecule has 3 heterocycles. The van der Waals surface area contributed by atoms with Crippen molar-refractivity contribution in [3.63, 3.8) is 0 Å². The molecule has 1 atom stereocenters. The van der Waals surface area contributed by atoms with Gasteiger partial charge in [0.05, 0.1) is 13.1 Å². The second-order valence-corrected chi connectivity index (χ2v) is 7.82. The summed E-state index contributed by atoms with van der Waals surface area (Å²) in [5.74, 6) is 0.506. The van der Waals surface area contributed by atoms with Crippen molar-refractivity contribution in [1.82, 2.24) is 10.3 Å². The fourth-order valence-corrected chi connectivity index (χ4v) is 2.97. The Hall–Kier alpha value is -3.08. The third-order valence-corrected chi connectivity index (χ3v) is 4.23. The van der Waals surface area contributed by atoms with Gasteiger partial charge >= 0.3 is 12.2 Å². The van der Waals surface area contributed by atoms with Crippen molar-refractivity contribution in [2.75, 3.05) is 36.5 Å². The van der Waals surface area contributed by atoms with E-state index in [-0.39, 0.29) is 50.3 Å². The van der Waals surface area contributed by atoms with Gasteiger partial charge in [-0.25, -0.2) is 14.6 Å². The van der Waals surface area contributed by atoms with Crippen LogP contribution in [0.4, 0.5) is 21.2 Å². The fourth-order valence-electron chi connectivity index (χ4n) is 2.97. The van der Waals surface area contributed by atoms with E-state index in [9.17, 15) is 19.5 Å². The highest BCUT2D eigenvalue weighted by Crippen LogP contribution is 2.33. The Morgan fingerprint density at radius 3 is 2.86 bits per heavy atom. The molecule has 29 heavy (non-hydrogen) atoms. The van der Waals surface area contributed by atoms with Crippen LogP contribution in [0.2, 0.25) is 0 Å². The highest BCUT2D eigenvalue weighted by Gasteiger charge is 2.46. The minimum absolute atomic E-state index is 0.0444. The zero-order valence-corrected chi connectivity index (χ0v) is 16.5. The van der Waals surface area contributed by atoms with Gasteiger partial charge in [0, 0.05) is 13.0 Å². The number of rotatable bonds is 5. The van der Waals surface area contributed by atoms with Gasteiger partial charge in [0.1, 0.15) is 11.4 Å². The molecule has 1 fully saturated rings. The molecule has 1 unspecified atom stereocenters. The molecule has 11 heteroatoms. The maximum atomic E-state index is 12.5. The predicted molar refractivity (Wildman–Crippen MR) is 101 cm³/mol. The van der Waals surface area contributed by atoms with E-state index in [1.54, 1.807) is 32.9 Å². The van der Waals surface area contributed by atoms with Crippen LogP contribution in [0.3, 0.4) is 0 Å². The molecule has 0 bridgehead atoms. The van der Waals surface area contributed by atoms with Gasteiger partial charge in [0.25, 0.3) is 5.91 Å². The van der Waals surface area contributed by atoms with Crippen LogP contribution in [0.25, 0.3) is 0 Å². The number of carbonyl (C=O) groups is 3. The van der Waals surface area contributed by atoms with E-state index >= 15 is 0 Å². The van der Waals surface area contributed by atoms with Crippen LogP contribution in [0, 0.1) is 0 Å². The van der Waals surface area contributed by atoms with Crippen LogP contribution in [0.15, 0.2) is 12.1 Å². The van der Waals surface area contributed by atoms with Gasteiger partial charge in [-0.15, -0.1) is 0 Å². The normalized spacial score (nSPS) is 21.0. The number of amides is 3. The molecule has 11 nitrogen and oxygen atoms in total. The Balaban J connectivity index is 1.74. The molecule has 2 aliphatic rings. The Morgan fingerprint density at radius 1 is 1.41 bits per heavy atom. The molecule has 0 aromatic carbocycles. The summed E-state index contributed by atoms with van der Waals surface area (Å²) < 4.78 is 16.0. The van der Waals surface area contributed by atoms with E-state index < -0.39 is 23.4 Å². The van der Waals surface area contributed by atoms with Gasteiger partial charge in [0.2, 0.25) is 0 Å². The number of fused-ring (bicyclic) bond motifs is 1. The van der Waals surface area contributed by atoms with Gasteiger partial charge in [-0.05, 0) is 32.9 Å². The Kier molecular flexibility index (Phi) is 5.51. The van der Waals surface area contributed by atoms with E-state index in [2.05, 4.69) is 15.6 Å². The number of anilines is 2. The number of nitrogens with zero attached hydrogens (tertiary/aromatic N) is 2. The Bertz CT molecular complexity index is 823. The highest BCUT2D eigenvalue weighted by molar-refractivity contribution is 5.95. The standard InChI is InChI=1S/C18H24N4O7/c1-17(2,3)28-15(25)19-9-18(6-7-23)10-22(16(26)29-18)12-5-4-11-14(20-12)21-13(24)8-27-11/h4-5,23H,6-10H2,1-3H3,(H,19,25)(H,20,21,24). The number of alkyl carbamates (subject to hydrolysis) is 1. The lowest BCUT2D eigenvalue weighted by Gasteiger charge is -2.27. The van der Waals surface area contributed by atoms with Gasteiger partial charge in [-0.3, -0.25) is 9.69 Å². The first-order chi connectivity index (χ1) is 13.6. The van der Waals surface area contributed by atoms with Gasteiger partial charge < -0.3 is 30.0 Å². The molecule has 1 aromatic heterocycles. The van der Waals surface area contributed by atoms with Crippen LogP contribution in [0.1, 0.15) is 27.2 Å². The first-order valence-electron chi connectivity index (χ1n) is 9.13. The molecule has 3 rings (SSSR count). The molecule has 0 spiro atoms. The van der Waals surface area contributed by atoms with Crippen molar-refractivity contribution in [2.45, 2.75) is 38.4 Å². The van der Waals surface area contributed by atoms with E-state index in [4.69, 9.17) is 14.2 Å². The topological polar surface area (TPSA) is 139 Å². The number of aliphatic hydroxyl groups is 1. The molecule has 0 aliphatic carbocycles. The molecule has 2 aliphatic heterocycles. The summed E-state index contributed by atoms with van der Waals surface area (Å²) in [6.07, 6.45) is -1.23. The van der Waals surface area contributed by atoms with E-state index in [0.29, 0.717) is 5.75 Å². The average molecular weight is 408 g/mol. The van der Waals surface area contributed by atoms with Crippen LogP contribution >= 0.6 is 0 Å². The summed E-state index contributed by atoms with van der Waals surface area (Å²) in [6, 6.07) is 3.16. The maximum Gasteiger partial charge on any atom is 0.416 e. The minimum Gasteiger partial charge on any atom is -0.480 e. The first-order valence-corrected chi connectivity index (χ1v) is 9.13. The van der Waals surface area contributed by atoms with Crippen LogP contribution in [-0.4, -0.2) is 65.7 Å². The van der Waals surface area contributed by atoms with Crippen LogP contribution in [0.5, 0.6) is 5.75 Å². The summed E-state index contributed by atoms with van der Waals surface area (Å²) in [5.41, 5.74) is -1.83. The summed E-state index contributed by atoms with van der Waals surface area (Å²) in [6.45, 7) is 4.85. The zero-order chi connectivity index (χ0) is 21.2. The van der Waals surface area contributed by atoms with Crippen molar-refractivity contribution in [1.29, 1.82) is 0 Å². The number of cyclic esters (lactones) is 1. The van der Waals surface area contributed by atoms with Crippen molar-refractivity contribution >= 4 is 29.7 Å². The fraction of sp³-hybridized carbons (Fsp3) is 0.556. The van der Waals surface area contributed by atoms with Crippen molar-refractivity contribution in [2.24, 2.45) is 0 Å². The number of aromatic nitrogens is 1. The van der Waals surface area contributed by atoms with E-state index in [0.717, 1.165) is 0 Å². The van der Waals surface area contributed by atoms with Crippen molar-refractivity contribution in [3.05, 3.63) is 12.1 Å². The average Bonchev–Trinajstić information content (AvgIpc) is 2.95. The molecule has 0 saturated carbocycles. The number of nitrogens with one attached hydrogen (secondary N) is 2. The predicted octanol–water partition coefficient (Wildman–Crippen LogP) is 1.01. The summed E-state index contributed by atoms with van der Waals surface area (Å²) >= 11 is 0. The third-order valence-electron chi connectivity index (χ3n) is 4.23. The molecule has 1 saturated heterocycles. The highest BCUT2D eigenvalue weighted by atomic mass is 16.6. The van der Waals surface area contributed by atoms with Crippen LogP contribution < -0.4 is 20.3 Å². The van der Waals surface area contributed by atoms with Crippen molar-refractivity contribution < 1.29 is 33.7 Å². The van der Waals surface area contributed by atoms with Gasteiger partial charge in [-0.2, -0.15) is 0 Å². The third kappa shape index (κ3) is 4.86. The number of aliphatic hydroxyl groups excluding tert-OH is 1. The maximum absolute atomic E-state index is 12.5. The van der Waals surface area contributed by atoms with Gasteiger partial charge in [0.15, 0.2) is 23.8 Å². The number of hydrogen-bond donors (Lipinski definition) is 3. The monoisotopic (exact) mass is 408 g/mol. The second kappa shape index (κ2) is 7.74. The number of carbonyl (C=O) groups excluding carboxylic acids is 3. The molecular weight excluding hydrogens is 384 g/mol. The lowest BCUT2D eigenvalue weighted by Crippen LogP contribution is -2.48. The molecule has 3 amide bonds. The SMILES string of the molecule is CC(C)(C)OC(=O)NCC1(CCO)CN(c2ccc3c(n2)NC(=O)CO3)C(=O)O1. The summed E-state index contributed by atoms with van der Waals surface area (Å²) in [4.78, 5) is 41.5. The quantitative estimate of drug-likeness (QED) is 0.656. The zero-order valence-electron chi connectivity index (χ0n) is 16.5. The number of pyridine rings is 1. The summed E-state index contributed by atoms with van der Waals surface area (Å²) in [7, 11) is 0. The summed E-state index contributed by atoms with van der Waals surface area (Å²) in [5, 5.41) is 14.6. The van der Waals surface area contributed by atoms with Gasteiger partial charge in [-0.1, -0.05) is 0 Å². The molecule has 3 N–H and O–H groups in total. The largest absolute Gasteiger partial charge is 0.480 e. The van der Waals surface area contributed by atoms with Crippen molar-refractivity contribution in [3.8, 4) is 5.75 Å². The lowest BCUT2D eigenvalue weighted by atomic mass is 10.00. The minimum atomic E-state index is -1.15. The van der Waals surface area contributed by atoms with E-state index in [1.807, 2.05) is 0 Å². The Labute approximate surface area is 167 Å².